The molecule has 0 spiro atoms. The molecule has 2 aromatic rings. The number of halogens is 3. The molecule has 3 N–H and O–H groups in total. The number of anilines is 2. The van der Waals surface area contributed by atoms with Gasteiger partial charge in [-0.3, -0.25) is 0 Å². The van der Waals surface area contributed by atoms with Crippen molar-refractivity contribution in [2.45, 2.75) is 73.6 Å². The second kappa shape index (κ2) is 9.28. The number of nitrogens with one attached hydrogen (secondary N) is 1. The van der Waals surface area contributed by atoms with E-state index in [0.717, 1.165) is 48.6 Å². The van der Waals surface area contributed by atoms with Gasteiger partial charge in [0.05, 0.1) is 5.56 Å². The van der Waals surface area contributed by atoms with Crippen LogP contribution in [0.1, 0.15) is 49.8 Å². The summed E-state index contributed by atoms with van der Waals surface area (Å²) in [5, 5.41) is 3.49. The largest absolute Gasteiger partial charge is 0.416 e. The van der Waals surface area contributed by atoms with E-state index >= 15 is 0 Å². The molecule has 5 rings (SSSR count). The Balaban J connectivity index is 1.42. The van der Waals surface area contributed by atoms with E-state index in [2.05, 4.69) is 47.2 Å². The van der Waals surface area contributed by atoms with Gasteiger partial charge in [0.2, 0.25) is 0 Å². The number of hydrogen-bond acceptors (Lipinski definition) is 5. The first-order valence-corrected chi connectivity index (χ1v) is 13.1. The Hall–Kier alpha value is -1.90. The Kier molecular flexibility index (Phi) is 6.50. The smallest absolute Gasteiger partial charge is 0.382 e. The Bertz CT molecular complexity index is 1040. The van der Waals surface area contributed by atoms with Crippen molar-refractivity contribution in [3.63, 3.8) is 0 Å². The highest BCUT2D eigenvalue weighted by atomic mass is 32.2. The van der Waals surface area contributed by atoms with E-state index in [1.54, 1.807) is 0 Å². The zero-order chi connectivity index (χ0) is 24.0. The maximum Gasteiger partial charge on any atom is 0.416 e. The van der Waals surface area contributed by atoms with Crippen LogP contribution in [0.4, 0.5) is 24.5 Å². The first-order chi connectivity index (χ1) is 16.2. The third kappa shape index (κ3) is 4.64. The molecule has 4 nitrogen and oxygen atoms in total. The van der Waals surface area contributed by atoms with Crippen LogP contribution in [0.5, 0.6) is 0 Å². The minimum absolute atomic E-state index is 0.171. The van der Waals surface area contributed by atoms with E-state index in [4.69, 9.17) is 5.73 Å². The van der Waals surface area contributed by atoms with Crippen molar-refractivity contribution in [3.05, 3.63) is 47.0 Å². The predicted molar refractivity (Wildman–Crippen MR) is 133 cm³/mol. The molecular formula is C26H33F3N4S. The molecule has 0 saturated carbocycles. The lowest BCUT2D eigenvalue weighted by Gasteiger charge is -2.47. The highest BCUT2D eigenvalue weighted by Gasteiger charge is 2.35. The van der Waals surface area contributed by atoms with E-state index in [1.807, 2.05) is 0 Å². The molecule has 0 amide bonds. The van der Waals surface area contributed by atoms with Crippen molar-refractivity contribution in [3.8, 4) is 0 Å². The zero-order valence-corrected chi connectivity index (χ0v) is 20.6. The number of likely N-dealkylation sites (tertiary alicyclic amines) is 1. The third-order valence-corrected chi connectivity index (χ3v) is 8.68. The average molecular weight is 491 g/mol. The fraction of sp³-hybridized carbons (Fsp3) is 0.538. The number of rotatable bonds is 5. The lowest BCUT2D eigenvalue weighted by atomic mass is 9.93. The van der Waals surface area contributed by atoms with Crippen LogP contribution >= 0.6 is 11.8 Å². The van der Waals surface area contributed by atoms with E-state index < -0.39 is 11.7 Å². The van der Waals surface area contributed by atoms with Crippen LogP contribution in [-0.2, 0) is 12.6 Å². The summed E-state index contributed by atoms with van der Waals surface area (Å²) in [5.41, 5.74) is 9.05. The van der Waals surface area contributed by atoms with Crippen molar-refractivity contribution < 1.29 is 13.2 Å². The Morgan fingerprint density at radius 2 is 1.79 bits per heavy atom. The van der Waals surface area contributed by atoms with Gasteiger partial charge in [-0.15, -0.1) is 0 Å². The summed E-state index contributed by atoms with van der Waals surface area (Å²) in [6.45, 7) is 7.78. The summed E-state index contributed by atoms with van der Waals surface area (Å²) < 4.78 is 41.4. The molecule has 184 valence electrons. The Labute approximate surface area is 204 Å². The van der Waals surface area contributed by atoms with Crippen LogP contribution in [0.25, 0.3) is 0 Å². The van der Waals surface area contributed by atoms with Gasteiger partial charge in [0, 0.05) is 71.9 Å². The van der Waals surface area contributed by atoms with Crippen LogP contribution in [0.3, 0.4) is 0 Å². The van der Waals surface area contributed by atoms with Crippen LogP contribution in [0, 0.1) is 0 Å². The Morgan fingerprint density at radius 1 is 1.06 bits per heavy atom. The van der Waals surface area contributed by atoms with Gasteiger partial charge in [0.1, 0.15) is 0 Å². The molecule has 3 heterocycles. The SMILES string of the molecule is CC1CC(C)N1c1ccc2c(c1)Sc1cc(C(F)(F)F)cc(NC3CCN(CCN)CC3)c1C2. The molecule has 3 aliphatic heterocycles. The predicted octanol–water partition coefficient (Wildman–Crippen LogP) is 5.58. The molecule has 2 aromatic carbocycles. The van der Waals surface area contributed by atoms with E-state index in [1.165, 1.54) is 35.9 Å². The summed E-state index contributed by atoms with van der Waals surface area (Å²) in [6, 6.07) is 10.3. The van der Waals surface area contributed by atoms with Gasteiger partial charge in [-0.25, -0.2) is 0 Å². The minimum Gasteiger partial charge on any atom is -0.382 e. The molecule has 8 heteroatoms. The fourth-order valence-corrected chi connectivity index (χ4v) is 6.87. The minimum atomic E-state index is -4.37. The average Bonchev–Trinajstić information content (AvgIpc) is 2.78. The number of alkyl halides is 3. The fourth-order valence-electron chi connectivity index (χ4n) is 5.69. The number of fused-ring (bicyclic) bond motifs is 2. The highest BCUT2D eigenvalue weighted by molar-refractivity contribution is 7.99. The molecule has 0 aromatic heterocycles. The van der Waals surface area contributed by atoms with Crippen LogP contribution < -0.4 is 16.0 Å². The molecular weight excluding hydrogens is 457 g/mol. The summed E-state index contributed by atoms with van der Waals surface area (Å²) in [7, 11) is 0. The zero-order valence-electron chi connectivity index (χ0n) is 19.8. The van der Waals surface area contributed by atoms with Gasteiger partial charge in [-0.1, -0.05) is 17.8 Å². The van der Waals surface area contributed by atoms with Crippen molar-refractivity contribution in [2.24, 2.45) is 5.73 Å². The molecule has 3 aliphatic rings. The first-order valence-electron chi connectivity index (χ1n) is 12.2. The number of piperidine rings is 1. The van der Waals surface area contributed by atoms with Crippen LogP contribution in [0.15, 0.2) is 40.1 Å². The van der Waals surface area contributed by atoms with Crippen LogP contribution in [-0.4, -0.2) is 49.2 Å². The Morgan fingerprint density at radius 3 is 2.44 bits per heavy atom. The van der Waals surface area contributed by atoms with E-state index in [9.17, 15) is 13.2 Å². The lowest BCUT2D eigenvalue weighted by molar-refractivity contribution is -0.137. The van der Waals surface area contributed by atoms with Crippen molar-refractivity contribution in [1.82, 2.24) is 4.90 Å². The number of nitrogens with zero attached hydrogens (tertiary/aromatic N) is 2. The van der Waals surface area contributed by atoms with E-state index in [-0.39, 0.29) is 6.04 Å². The quantitative estimate of drug-likeness (QED) is 0.489. The second-order valence-electron chi connectivity index (χ2n) is 9.96. The third-order valence-electron chi connectivity index (χ3n) is 7.50. The van der Waals surface area contributed by atoms with Gasteiger partial charge in [0.25, 0.3) is 0 Å². The van der Waals surface area contributed by atoms with Crippen LogP contribution in [0.2, 0.25) is 0 Å². The van der Waals surface area contributed by atoms with Gasteiger partial charge in [-0.2, -0.15) is 13.2 Å². The van der Waals surface area contributed by atoms with Gasteiger partial charge in [-0.05, 0) is 68.5 Å². The second-order valence-corrected chi connectivity index (χ2v) is 11.0. The van der Waals surface area contributed by atoms with Gasteiger partial charge < -0.3 is 20.9 Å². The number of nitrogens with two attached hydrogens (primary N) is 1. The van der Waals surface area contributed by atoms with Crippen molar-refractivity contribution in [2.75, 3.05) is 36.4 Å². The summed E-state index contributed by atoms with van der Waals surface area (Å²) >= 11 is 1.48. The summed E-state index contributed by atoms with van der Waals surface area (Å²) in [6.07, 6.45) is -0.743. The molecule has 0 aliphatic carbocycles. The summed E-state index contributed by atoms with van der Waals surface area (Å²) in [5.74, 6) is 0. The van der Waals surface area contributed by atoms with E-state index in [0.29, 0.717) is 35.6 Å². The summed E-state index contributed by atoms with van der Waals surface area (Å²) in [4.78, 5) is 6.50. The molecule has 0 radical (unpaired) electrons. The topological polar surface area (TPSA) is 44.5 Å². The van der Waals surface area contributed by atoms with Crippen molar-refractivity contribution >= 4 is 23.1 Å². The number of benzene rings is 2. The molecule has 34 heavy (non-hydrogen) atoms. The van der Waals surface area contributed by atoms with Crippen molar-refractivity contribution in [1.29, 1.82) is 0 Å². The monoisotopic (exact) mass is 490 g/mol. The first kappa shape index (κ1) is 23.8. The maximum absolute atomic E-state index is 13.8. The standard InChI is InChI=1S/C26H33F3N4S/c1-16-11-17(2)33(16)21-4-3-18-12-22-23(31-20-5-8-32(9-6-20)10-7-30)13-19(26(27,28)29)14-25(22)34-24(18)15-21/h3-4,13-17,20,31H,5-12,30H2,1-2H3. The highest BCUT2D eigenvalue weighted by Crippen LogP contribution is 2.47. The van der Waals surface area contributed by atoms with Gasteiger partial charge >= 0.3 is 6.18 Å². The number of hydrogen-bond donors (Lipinski definition) is 2. The maximum atomic E-state index is 13.8. The molecule has 2 unspecified atom stereocenters. The normalized spacial score (nSPS) is 23.3. The van der Waals surface area contributed by atoms with Gasteiger partial charge in [0.15, 0.2) is 0 Å². The lowest BCUT2D eigenvalue weighted by Crippen LogP contribution is -2.53. The molecule has 0 bridgehead atoms. The molecule has 2 atom stereocenters. The molecule has 2 fully saturated rings. The molecule has 2 saturated heterocycles.